The van der Waals surface area contributed by atoms with E-state index in [1.54, 1.807) is 41.3 Å². The number of piperazine rings is 1. The number of aromatic nitrogens is 3. The van der Waals surface area contributed by atoms with Crippen LogP contribution in [0.3, 0.4) is 0 Å². The van der Waals surface area contributed by atoms with Crippen molar-refractivity contribution in [1.82, 2.24) is 20.0 Å². The molecule has 8 nitrogen and oxygen atoms in total. The Hall–Kier alpha value is -3.76. The van der Waals surface area contributed by atoms with Crippen molar-refractivity contribution in [3.63, 3.8) is 0 Å². The van der Waals surface area contributed by atoms with E-state index < -0.39 is 12.1 Å². The Morgan fingerprint density at radius 2 is 1.70 bits per heavy atom. The van der Waals surface area contributed by atoms with E-state index >= 15 is 0 Å². The third-order valence-corrected chi connectivity index (χ3v) is 5.29. The Bertz CT molecular complexity index is 1110. The van der Waals surface area contributed by atoms with Gasteiger partial charge in [-0.1, -0.05) is 35.5 Å². The molecule has 3 heterocycles. The van der Waals surface area contributed by atoms with Crippen molar-refractivity contribution in [2.24, 2.45) is 0 Å². The van der Waals surface area contributed by atoms with Gasteiger partial charge in [-0.3, -0.25) is 9.59 Å². The largest absolute Gasteiger partial charge is 0.471 e. The van der Waals surface area contributed by atoms with Gasteiger partial charge in [-0.05, 0) is 12.1 Å². The molecule has 3 aromatic rings. The maximum absolute atomic E-state index is 12.6. The molecule has 1 aliphatic heterocycles. The van der Waals surface area contributed by atoms with Crippen molar-refractivity contribution < 1.29 is 27.3 Å². The van der Waals surface area contributed by atoms with E-state index in [2.05, 4.69) is 19.6 Å². The van der Waals surface area contributed by atoms with Crippen LogP contribution in [0.1, 0.15) is 29.1 Å². The van der Waals surface area contributed by atoms with Crippen LogP contribution < -0.4 is 4.90 Å². The Labute approximate surface area is 187 Å². The average Bonchev–Trinajstić information content (AvgIpc) is 3.34. The first-order valence-electron chi connectivity index (χ1n) is 10.3. The highest BCUT2D eigenvalue weighted by Crippen LogP contribution is 2.29. The number of ketones is 1. The lowest BCUT2D eigenvalue weighted by Crippen LogP contribution is -2.49. The van der Waals surface area contributed by atoms with Gasteiger partial charge in [0.2, 0.25) is 11.7 Å². The fraction of sp³-hybridized carbons (Fsp3) is 0.318. The number of Topliss-reactive ketones (excluding diaryl/α,β-unsaturated/α-hetero) is 1. The molecule has 1 fully saturated rings. The van der Waals surface area contributed by atoms with Gasteiger partial charge >= 0.3 is 12.1 Å². The first-order chi connectivity index (χ1) is 15.8. The first kappa shape index (κ1) is 22.4. The van der Waals surface area contributed by atoms with Crippen molar-refractivity contribution in [1.29, 1.82) is 0 Å². The van der Waals surface area contributed by atoms with Crippen LogP contribution in [0.15, 0.2) is 53.2 Å². The van der Waals surface area contributed by atoms with E-state index in [1.165, 1.54) is 6.20 Å². The normalized spacial score (nSPS) is 14.4. The van der Waals surface area contributed by atoms with E-state index in [0.717, 1.165) is 0 Å². The van der Waals surface area contributed by atoms with Crippen molar-refractivity contribution >= 4 is 17.5 Å². The fourth-order valence-electron chi connectivity index (χ4n) is 3.49. The topological polar surface area (TPSA) is 92.4 Å². The second kappa shape index (κ2) is 9.39. The zero-order chi connectivity index (χ0) is 23.4. The molecule has 0 atom stereocenters. The maximum Gasteiger partial charge on any atom is 0.471 e. The Morgan fingerprint density at radius 3 is 2.30 bits per heavy atom. The van der Waals surface area contributed by atoms with Crippen LogP contribution >= 0.6 is 0 Å². The van der Waals surface area contributed by atoms with Gasteiger partial charge in [0.05, 0.1) is 0 Å². The highest BCUT2D eigenvalue weighted by atomic mass is 19.4. The smallest absolute Gasteiger partial charge is 0.353 e. The van der Waals surface area contributed by atoms with E-state index in [9.17, 15) is 22.8 Å². The molecule has 1 saturated heterocycles. The number of amides is 1. The van der Waals surface area contributed by atoms with Gasteiger partial charge in [-0.2, -0.15) is 18.2 Å². The third-order valence-electron chi connectivity index (χ3n) is 5.29. The summed E-state index contributed by atoms with van der Waals surface area (Å²) in [6.45, 7) is 2.07. The number of pyridine rings is 1. The molecule has 0 N–H and O–H groups in total. The summed E-state index contributed by atoms with van der Waals surface area (Å²) in [5, 5.41) is 3.35. The molecule has 1 aliphatic rings. The molecule has 1 amide bonds. The zero-order valence-electron chi connectivity index (χ0n) is 17.5. The molecule has 0 bridgehead atoms. The second-order valence-electron chi connectivity index (χ2n) is 7.48. The van der Waals surface area contributed by atoms with Gasteiger partial charge in [-0.15, -0.1) is 0 Å². The van der Waals surface area contributed by atoms with Crippen LogP contribution in [0.2, 0.25) is 0 Å². The van der Waals surface area contributed by atoms with Crippen LogP contribution in [-0.2, 0) is 11.0 Å². The predicted molar refractivity (Wildman–Crippen MR) is 111 cm³/mol. The summed E-state index contributed by atoms with van der Waals surface area (Å²) in [5.41, 5.74) is 0.898. The van der Waals surface area contributed by atoms with Gasteiger partial charge < -0.3 is 14.3 Å². The van der Waals surface area contributed by atoms with E-state index in [4.69, 9.17) is 0 Å². The number of alkyl halides is 3. The van der Waals surface area contributed by atoms with Crippen LogP contribution in [0.4, 0.5) is 19.0 Å². The fourth-order valence-corrected chi connectivity index (χ4v) is 3.49. The maximum atomic E-state index is 12.6. The monoisotopic (exact) mass is 459 g/mol. The molecule has 172 valence electrons. The summed E-state index contributed by atoms with van der Waals surface area (Å²) in [6, 6.07) is 12.1. The highest BCUT2D eigenvalue weighted by Gasteiger charge is 2.38. The lowest BCUT2D eigenvalue weighted by atomic mass is 10.1. The number of carbonyl (C=O) groups excluding carboxylic acids is 2. The summed E-state index contributed by atoms with van der Waals surface area (Å²) in [6.07, 6.45) is -3.00. The zero-order valence-corrected chi connectivity index (χ0v) is 17.5. The van der Waals surface area contributed by atoms with Gasteiger partial charge in [-0.25, -0.2) is 4.98 Å². The lowest BCUT2D eigenvalue weighted by Gasteiger charge is -2.35. The number of rotatable bonds is 6. The first-order valence-corrected chi connectivity index (χ1v) is 10.3. The minimum Gasteiger partial charge on any atom is -0.353 e. The van der Waals surface area contributed by atoms with Gasteiger partial charge in [0.25, 0.3) is 0 Å². The van der Waals surface area contributed by atoms with Crippen molar-refractivity contribution in [3.05, 3.63) is 60.1 Å². The van der Waals surface area contributed by atoms with Crippen molar-refractivity contribution in [2.75, 3.05) is 31.1 Å². The molecular weight excluding hydrogens is 439 g/mol. The standard InChI is InChI=1S/C22H20F3N5O3/c23-22(24,25)21-27-20(28-33-21)16-6-8-18(26-14-16)29-10-12-30(13-11-29)19(32)9-7-17(31)15-4-2-1-3-5-15/h1-6,8,14H,7,9-13H2. The molecule has 1 aromatic carbocycles. The Morgan fingerprint density at radius 1 is 0.970 bits per heavy atom. The third kappa shape index (κ3) is 5.36. The SMILES string of the molecule is O=C(CCC(=O)N1CCN(c2ccc(-c3noc(C(F)(F)F)n3)cn2)CC1)c1ccccc1. The number of hydrogen-bond donors (Lipinski definition) is 0. The molecule has 0 radical (unpaired) electrons. The number of anilines is 1. The summed E-state index contributed by atoms with van der Waals surface area (Å²) in [7, 11) is 0. The average molecular weight is 459 g/mol. The van der Waals surface area contributed by atoms with Crippen molar-refractivity contribution in [3.8, 4) is 11.4 Å². The van der Waals surface area contributed by atoms with E-state index in [-0.39, 0.29) is 30.4 Å². The van der Waals surface area contributed by atoms with E-state index in [0.29, 0.717) is 43.1 Å². The molecule has 11 heteroatoms. The Kier molecular flexibility index (Phi) is 6.38. The lowest BCUT2D eigenvalue weighted by molar-refractivity contribution is -0.159. The molecule has 2 aromatic heterocycles. The van der Waals surface area contributed by atoms with Crippen LogP contribution in [0.5, 0.6) is 0 Å². The minimum atomic E-state index is -4.70. The molecule has 33 heavy (non-hydrogen) atoms. The van der Waals surface area contributed by atoms with Crippen LogP contribution in [0.25, 0.3) is 11.4 Å². The number of hydrogen-bond acceptors (Lipinski definition) is 7. The molecule has 0 spiro atoms. The second-order valence-corrected chi connectivity index (χ2v) is 7.48. The molecule has 0 unspecified atom stereocenters. The quantitative estimate of drug-likeness (QED) is 0.521. The number of carbonyl (C=O) groups is 2. The molecular formula is C22H20F3N5O3. The summed E-state index contributed by atoms with van der Waals surface area (Å²) in [5.74, 6) is -1.10. The predicted octanol–water partition coefficient (Wildman–Crippen LogP) is 3.46. The summed E-state index contributed by atoms with van der Waals surface area (Å²) < 4.78 is 42.1. The minimum absolute atomic E-state index is 0.0594. The molecule has 0 saturated carbocycles. The number of halogens is 3. The number of nitrogens with zero attached hydrogens (tertiary/aromatic N) is 5. The van der Waals surface area contributed by atoms with Gasteiger partial charge in [0.15, 0.2) is 5.78 Å². The summed E-state index contributed by atoms with van der Waals surface area (Å²) in [4.78, 5) is 36.0. The van der Waals surface area contributed by atoms with Crippen LogP contribution in [-0.4, -0.2) is 57.9 Å². The van der Waals surface area contributed by atoms with Gasteiger partial charge in [0, 0.05) is 56.3 Å². The Balaban J connectivity index is 1.28. The van der Waals surface area contributed by atoms with Crippen LogP contribution in [0, 0.1) is 0 Å². The van der Waals surface area contributed by atoms with Crippen molar-refractivity contribution in [2.45, 2.75) is 19.0 Å². The van der Waals surface area contributed by atoms with Gasteiger partial charge in [0.1, 0.15) is 5.82 Å². The molecule has 4 rings (SSSR count). The highest BCUT2D eigenvalue weighted by molar-refractivity contribution is 5.97. The van der Waals surface area contributed by atoms with E-state index in [1.807, 2.05) is 11.0 Å². The number of benzene rings is 1. The molecule has 0 aliphatic carbocycles. The summed E-state index contributed by atoms with van der Waals surface area (Å²) >= 11 is 0.